The zero-order valence-corrected chi connectivity index (χ0v) is 7.47. The summed E-state index contributed by atoms with van der Waals surface area (Å²) < 4.78 is 0. The maximum Gasteiger partial charge on any atom is 0.00979 e. The van der Waals surface area contributed by atoms with Crippen molar-refractivity contribution in [1.82, 2.24) is 5.32 Å². The van der Waals surface area contributed by atoms with Crippen molar-refractivity contribution in [2.45, 2.75) is 57.5 Å². The zero-order chi connectivity index (χ0) is 7.68. The van der Waals surface area contributed by atoms with Crippen molar-refractivity contribution in [2.24, 2.45) is 5.92 Å². The summed E-state index contributed by atoms with van der Waals surface area (Å²) in [5, 5.41) is 3.75. The Hall–Kier alpha value is -0.0400. The minimum Gasteiger partial charge on any atom is -0.311 e. The topological polar surface area (TPSA) is 12.0 Å². The van der Waals surface area contributed by atoms with Crippen LogP contribution in [0.15, 0.2) is 0 Å². The van der Waals surface area contributed by atoms with E-state index < -0.39 is 0 Å². The van der Waals surface area contributed by atoms with E-state index in [0.717, 1.165) is 18.0 Å². The Morgan fingerprint density at radius 2 is 2.00 bits per heavy atom. The molecule has 2 aliphatic carbocycles. The Bertz CT molecular complexity index is 127. The van der Waals surface area contributed by atoms with E-state index in [0.29, 0.717) is 0 Å². The maximum absolute atomic E-state index is 3.75. The molecule has 0 heterocycles. The first kappa shape index (κ1) is 7.60. The van der Waals surface area contributed by atoms with E-state index in [1.807, 2.05) is 0 Å². The number of rotatable bonds is 3. The third-order valence-electron chi connectivity index (χ3n) is 3.50. The summed E-state index contributed by atoms with van der Waals surface area (Å²) in [5.41, 5.74) is 0. The molecule has 64 valence electrons. The molecular weight excluding hydrogens is 134 g/mol. The van der Waals surface area contributed by atoms with Crippen molar-refractivity contribution < 1.29 is 0 Å². The summed E-state index contributed by atoms with van der Waals surface area (Å²) in [7, 11) is 0. The van der Waals surface area contributed by atoms with Crippen LogP contribution >= 0.6 is 0 Å². The van der Waals surface area contributed by atoms with Crippen molar-refractivity contribution in [3.63, 3.8) is 0 Å². The van der Waals surface area contributed by atoms with E-state index in [2.05, 4.69) is 12.2 Å². The number of hydrogen-bond donors (Lipinski definition) is 1. The zero-order valence-electron chi connectivity index (χ0n) is 7.47. The summed E-state index contributed by atoms with van der Waals surface area (Å²) in [4.78, 5) is 0. The van der Waals surface area contributed by atoms with Crippen molar-refractivity contribution >= 4 is 0 Å². The fourth-order valence-corrected chi connectivity index (χ4v) is 2.15. The van der Waals surface area contributed by atoms with Gasteiger partial charge < -0.3 is 5.32 Å². The van der Waals surface area contributed by atoms with Crippen LogP contribution in [-0.4, -0.2) is 12.1 Å². The molecule has 2 unspecified atom stereocenters. The van der Waals surface area contributed by atoms with Gasteiger partial charge >= 0.3 is 0 Å². The molecule has 0 aromatic carbocycles. The van der Waals surface area contributed by atoms with Crippen molar-refractivity contribution in [3.05, 3.63) is 0 Å². The van der Waals surface area contributed by atoms with Gasteiger partial charge in [-0.3, -0.25) is 0 Å². The summed E-state index contributed by atoms with van der Waals surface area (Å²) >= 11 is 0. The van der Waals surface area contributed by atoms with Gasteiger partial charge in [-0.2, -0.15) is 0 Å². The monoisotopic (exact) mass is 153 g/mol. The highest BCUT2D eigenvalue weighted by Gasteiger charge is 2.31. The SMILES string of the molecule is CCC1CCC1NC1CCC1. The molecule has 0 radical (unpaired) electrons. The highest BCUT2D eigenvalue weighted by Crippen LogP contribution is 2.32. The largest absolute Gasteiger partial charge is 0.311 e. The first-order valence-corrected chi connectivity index (χ1v) is 5.16. The molecule has 0 amide bonds. The average Bonchev–Trinajstić information content (AvgIpc) is 1.83. The van der Waals surface area contributed by atoms with E-state index >= 15 is 0 Å². The van der Waals surface area contributed by atoms with Crippen molar-refractivity contribution in [3.8, 4) is 0 Å². The first-order valence-electron chi connectivity index (χ1n) is 5.16. The van der Waals surface area contributed by atoms with Gasteiger partial charge in [-0.05, 0) is 31.6 Å². The fourth-order valence-electron chi connectivity index (χ4n) is 2.15. The van der Waals surface area contributed by atoms with Crippen LogP contribution < -0.4 is 5.32 Å². The number of hydrogen-bond acceptors (Lipinski definition) is 1. The summed E-state index contributed by atoms with van der Waals surface area (Å²) in [6.45, 7) is 2.32. The molecular formula is C10H19N. The van der Waals surface area contributed by atoms with E-state index in [1.165, 1.54) is 38.5 Å². The van der Waals surface area contributed by atoms with Crippen LogP contribution in [0.1, 0.15) is 45.4 Å². The molecule has 2 saturated carbocycles. The van der Waals surface area contributed by atoms with E-state index in [1.54, 1.807) is 0 Å². The molecule has 2 aliphatic rings. The molecule has 0 aromatic rings. The lowest BCUT2D eigenvalue weighted by Crippen LogP contribution is -2.50. The minimum absolute atomic E-state index is 0.894. The first-order chi connectivity index (χ1) is 5.40. The molecule has 1 heteroatoms. The highest BCUT2D eigenvalue weighted by molar-refractivity contribution is 4.90. The van der Waals surface area contributed by atoms with Crippen LogP contribution in [0.4, 0.5) is 0 Å². The molecule has 0 aromatic heterocycles. The summed E-state index contributed by atoms with van der Waals surface area (Å²) in [6, 6.07) is 1.79. The lowest BCUT2D eigenvalue weighted by molar-refractivity contribution is 0.161. The van der Waals surface area contributed by atoms with Crippen LogP contribution in [0.5, 0.6) is 0 Å². The van der Waals surface area contributed by atoms with Crippen LogP contribution in [0.3, 0.4) is 0 Å². The Labute approximate surface area is 69.6 Å². The predicted molar refractivity (Wildman–Crippen MR) is 47.6 cm³/mol. The van der Waals surface area contributed by atoms with E-state index in [4.69, 9.17) is 0 Å². The second kappa shape index (κ2) is 3.14. The standard InChI is InChI=1S/C10H19N/c1-2-8-6-7-10(8)11-9-4-3-5-9/h8-11H,2-7H2,1H3. The van der Waals surface area contributed by atoms with Gasteiger partial charge in [-0.25, -0.2) is 0 Å². The van der Waals surface area contributed by atoms with Crippen LogP contribution in [0.25, 0.3) is 0 Å². The lowest BCUT2D eigenvalue weighted by atomic mass is 9.76. The second-order valence-electron chi connectivity index (χ2n) is 4.15. The molecule has 0 saturated heterocycles. The Morgan fingerprint density at radius 1 is 1.18 bits per heavy atom. The predicted octanol–water partition coefficient (Wildman–Crippen LogP) is 2.32. The van der Waals surface area contributed by atoms with Gasteiger partial charge in [-0.1, -0.05) is 19.8 Å². The summed E-state index contributed by atoms with van der Waals surface area (Å²) in [6.07, 6.45) is 8.63. The molecule has 2 rings (SSSR count). The highest BCUT2D eigenvalue weighted by atomic mass is 15.0. The van der Waals surface area contributed by atoms with Gasteiger partial charge in [-0.15, -0.1) is 0 Å². The number of nitrogens with one attached hydrogen (secondary N) is 1. The average molecular weight is 153 g/mol. The fraction of sp³-hybridized carbons (Fsp3) is 1.00. The van der Waals surface area contributed by atoms with Gasteiger partial charge in [0.1, 0.15) is 0 Å². The molecule has 1 nitrogen and oxygen atoms in total. The van der Waals surface area contributed by atoms with Crippen molar-refractivity contribution in [2.75, 3.05) is 0 Å². The van der Waals surface area contributed by atoms with E-state index in [9.17, 15) is 0 Å². The van der Waals surface area contributed by atoms with Gasteiger partial charge in [0, 0.05) is 12.1 Å². The van der Waals surface area contributed by atoms with Crippen LogP contribution in [0, 0.1) is 5.92 Å². The molecule has 2 fully saturated rings. The van der Waals surface area contributed by atoms with E-state index in [-0.39, 0.29) is 0 Å². The van der Waals surface area contributed by atoms with Gasteiger partial charge in [0.05, 0.1) is 0 Å². The smallest absolute Gasteiger partial charge is 0.00979 e. The second-order valence-corrected chi connectivity index (χ2v) is 4.15. The molecule has 0 spiro atoms. The van der Waals surface area contributed by atoms with Gasteiger partial charge in [0.2, 0.25) is 0 Å². The molecule has 0 bridgehead atoms. The maximum atomic E-state index is 3.75. The van der Waals surface area contributed by atoms with Gasteiger partial charge in [0.15, 0.2) is 0 Å². The molecule has 0 aliphatic heterocycles. The van der Waals surface area contributed by atoms with Gasteiger partial charge in [0.25, 0.3) is 0 Å². The normalized spacial score (nSPS) is 37.9. The minimum atomic E-state index is 0.894. The Balaban J connectivity index is 1.69. The summed E-state index contributed by atoms with van der Waals surface area (Å²) in [5.74, 6) is 1.01. The molecule has 11 heavy (non-hydrogen) atoms. The molecule has 1 N–H and O–H groups in total. The van der Waals surface area contributed by atoms with Crippen LogP contribution in [0.2, 0.25) is 0 Å². The Morgan fingerprint density at radius 3 is 2.36 bits per heavy atom. The third-order valence-corrected chi connectivity index (χ3v) is 3.50. The third kappa shape index (κ3) is 1.44. The van der Waals surface area contributed by atoms with Crippen molar-refractivity contribution in [1.29, 1.82) is 0 Å². The lowest BCUT2D eigenvalue weighted by Gasteiger charge is -2.41. The molecule has 2 atom stereocenters. The Kier molecular flexibility index (Phi) is 2.17. The van der Waals surface area contributed by atoms with Crippen LogP contribution in [-0.2, 0) is 0 Å². The quantitative estimate of drug-likeness (QED) is 0.656.